The number of thiazole rings is 1. The number of non-ortho nitro benzene ring substituents is 1. The van der Waals surface area contributed by atoms with Crippen molar-refractivity contribution in [3.63, 3.8) is 0 Å². The summed E-state index contributed by atoms with van der Waals surface area (Å²) in [6, 6.07) is 7.50. The monoisotopic (exact) mass is 552 g/mol. The maximum atomic E-state index is 12.8. The first kappa shape index (κ1) is 26.2. The average Bonchev–Trinajstić information content (AvgIpc) is 3.73. The van der Waals surface area contributed by atoms with Crippen LogP contribution >= 0.6 is 11.3 Å². The first-order chi connectivity index (χ1) is 18.9. The molecule has 0 N–H and O–H groups in total. The summed E-state index contributed by atoms with van der Waals surface area (Å²) in [5.74, 6) is 0.621. The molecule has 4 heterocycles. The normalized spacial score (nSPS) is 13.9. The molecule has 5 rings (SSSR count). The van der Waals surface area contributed by atoms with E-state index in [4.69, 9.17) is 13.8 Å². The van der Waals surface area contributed by atoms with E-state index < -0.39 is 10.9 Å². The summed E-state index contributed by atoms with van der Waals surface area (Å²) in [6.07, 6.45) is 2.06. The lowest BCUT2D eigenvalue weighted by Gasteiger charge is -2.31. The number of aromatic nitrogens is 4. The van der Waals surface area contributed by atoms with Crippen molar-refractivity contribution in [2.75, 3.05) is 19.7 Å². The Kier molecular flexibility index (Phi) is 7.72. The quantitative estimate of drug-likeness (QED) is 0.165. The number of carbonyl (C=O) groups excluding carboxylic acids is 2. The van der Waals surface area contributed by atoms with Crippen molar-refractivity contribution < 1.29 is 28.3 Å². The van der Waals surface area contributed by atoms with Crippen molar-refractivity contribution in [1.29, 1.82) is 0 Å². The van der Waals surface area contributed by atoms with Crippen LogP contribution in [-0.4, -0.2) is 61.7 Å². The minimum Gasteiger partial charge on any atom is -0.461 e. The highest BCUT2D eigenvalue weighted by molar-refractivity contribution is 7.10. The lowest BCUT2D eigenvalue weighted by Crippen LogP contribution is -2.38. The van der Waals surface area contributed by atoms with Gasteiger partial charge in [0, 0.05) is 61.0 Å². The van der Waals surface area contributed by atoms with Gasteiger partial charge in [0.2, 0.25) is 17.6 Å². The number of piperidine rings is 1. The van der Waals surface area contributed by atoms with Gasteiger partial charge in [-0.1, -0.05) is 22.4 Å². The second-order valence-electron chi connectivity index (χ2n) is 8.84. The number of carbonyl (C=O) groups is 2. The predicted molar refractivity (Wildman–Crippen MR) is 137 cm³/mol. The molecule has 202 valence electrons. The van der Waals surface area contributed by atoms with E-state index in [-0.39, 0.29) is 48.5 Å². The van der Waals surface area contributed by atoms with Crippen molar-refractivity contribution >= 4 is 28.9 Å². The maximum Gasteiger partial charge on any atom is 0.360 e. The van der Waals surface area contributed by atoms with Crippen LogP contribution in [0.1, 0.15) is 53.5 Å². The molecule has 1 aromatic carbocycles. The molecule has 0 radical (unpaired) electrons. The van der Waals surface area contributed by atoms with E-state index in [2.05, 4.69) is 20.3 Å². The number of ether oxygens (including phenoxy) is 1. The molecule has 1 aliphatic heterocycles. The molecule has 1 aliphatic rings. The fraction of sp³-hybridized carbons (Fsp3) is 0.360. The molecule has 14 heteroatoms. The van der Waals surface area contributed by atoms with Gasteiger partial charge in [-0.05, 0) is 19.8 Å². The number of hydrogen-bond acceptors (Lipinski definition) is 12. The van der Waals surface area contributed by atoms with Crippen LogP contribution in [0.25, 0.3) is 22.8 Å². The summed E-state index contributed by atoms with van der Waals surface area (Å²) in [4.78, 5) is 45.9. The third-order valence-electron chi connectivity index (χ3n) is 6.30. The molecule has 0 unspecified atom stereocenters. The number of nitro groups is 1. The van der Waals surface area contributed by atoms with Crippen molar-refractivity contribution in [3.8, 4) is 22.8 Å². The molecule has 3 aromatic heterocycles. The Morgan fingerprint density at radius 2 is 2.00 bits per heavy atom. The van der Waals surface area contributed by atoms with Crippen molar-refractivity contribution in [2.24, 2.45) is 0 Å². The highest BCUT2D eigenvalue weighted by atomic mass is 32.1. The molecule has 13 nitrogen and oxygen atoms in total. The Hall–Kier alpha value is -4.46. The van der Waals surface area contributed by atoms with Crippen LogP contribution < -0.4 is 0 Å². The Labute approximate surface area is 225 Å². The number of nitrogens with zero attached hydrogens (tertiary/aromatic N) is 6. The van der Waals surface area contributed by atoms with Crippen LogP contribution in [0.15, 0.2) is 44.8 Å². The summed E-state index contributed by atoms with van der Waals surface area (Å²) < 4.78 is 15.5. The number of likely N-dealkylation sites (tertiary alicyclic amines) is 1. The first-order valence-electron chi connectivity index (χ1n) is 12.4. The summed E-state index contributed by atoms with van der Waals surface area (Å²) in [5.41, 5.74) is 1.13. The SMILES string of the molecule is CCOC(=O)c1cc(-c2csc(C3CCN(C(=O)CCc4nc(-c5cccc([N+](=O)[O-])c5)no4)CC3)n2)on1. The van der Waals surface area contributed by atoms with Crippen molar-refractivity contribution in [3.05, 3.63) is 62.4 Å². The van der Waals surface area contributed by atoms with E-state index in [1.807, 2.05) is 10.3 Å². The molecule has 0 aliphatic carbocycles. The van der Waals surface area contributed by atoms with Crippen LogP contribution in [-0.2, 0) is 16.0 Å². The molecule has 0 atom stereocenters. The minimum atomic E-state index is -0.540. The van der Waals surface area contributed by atoms with Gasteiger partial charge in [0.15, 0.2) is 11.5 Å². The average molecular weight is 553 g/mol. The number of esters is 1. The van der Waals surface area contributed by atoms with E-state index >= 15 is 0 Å². The zero-order valence-electron chi connectivity index (χ0n) is 20.9. The highest BCUT2D eigenvalue weighted by Gasteiger charge is 2.27. The summed E-state index contributed by atoms with van der Waals surface area (Å²) in [7, 11) is 0. The third kappa shape index (κ3) is 6.00. The molecule has 1 fully saturated rings. The van der Waals surface area contributed by atoms with E-state index in [1.165, 1.54) is 29.5 Å². The number of aryl methyl sites for hydroxylation is 1. The van der Waals surface area contributed by atoms with Gasteiger partial charge >= 0.3 is 5.97 Å². The zero-order valence-corrected chi connectivity index (χ0v) is 21.8. The fourth-order valence-electron chi connectivity index (χ4n) is 4.27. The molecule has 1 saturated heterocycles. The molecule has 39 heavy (non-hydrogen) atoms. The maximum absolute atomic E-state index is 12.8. The van der Waals surface area contributed by atoms with Gasteiger partial charge in [0.25, 0.3) is 5.69 Å². The van der Waals surface area contributed by atoms with Crippen LogP contribution in [0.4, 0.5) is 5.69 Å². The van der Waals surface area contributed by atoms with Gasteiger partial charge in [-0.3, -0.25) is 14.9 Å². The smallest absolute Gasteiger partial charge is 0.360 e. The number of amides is 1. The van der Waals surface area contributed by atoms with Crippen molar-refractivity contribution in [2.45, 2.75) is 38.5 Å². The van der Waals surface area contributed by atoms with Gasteiger partial charge < -0.3 is 18.7 Å². The zero-order chi connectivity index (χ0) is 27.4. The largest absolute Gasteiger partial charge is 0.461 e. The molecule has 4 aromatic rings. The Morgan fingerprint density at radius 1 is 1.18 bits per heavy atom. The Balaban J connectivity index is 1.11. The number of nitro benzene ring substituents is 1. The van der Waals surface area contributed by atoms with E-state index in [0.29, 0.717) is 36.0 Å². The van der Waals surface area contributed by atoms with Gasteiger partial charge in [0.1, 0.15) is 5.69 Å². The van der Waals surface area contributed by atoms with Gasteiger partial charge in [-0.25, -0.2) is 9.78 Å². The van der Waals surface area contributed by atoms with Gasteiger partial charge in [-0.15, -0.1) is 11.3 Å². The second-order valence-corrected chi connectivity index (χ2v) is 9.73. The summed E-state index contributed by atoms with van der Waals surface area (Å²) >= 11 is 1.52. The Bertz CT molecular complexity index is 1490. The summed E-state index contributed by atoms with van der Waals surface area (Å²) in [5, 5.41) is 21.5. The fourth-order valence-corrected chi connectivity index (χ4v) is 5.25. The van der Waals surface area contributed by atoms with Gasteiger partial charge in [-0.2, -0.15) is 4.98 Å². The van der Waals surface area contributed by atoms with E-state index in [0.717, 1.165) is 17.8 Å². The Morgan fingerprint density at radius 3 is 2.77 bits per heavy atom. The van der Waals surface area contributed by atoms with Crippen LogP contribution in [0, 0.1) is 10.1 Å². The molecule has 0 saturated carbocycles. The summed E-state index contributed by atoms with van der Waals surface area (Å²) in [6.45, 7) is 3.19. The van der Waals surface area contributed by atoms with E-state index in [1.54, 1.807) is 19.1 Å². The lowest BCUT2D eigenvalue weighted by atomic mass is 9.97. The van der Waals surface area contributed by atoms with Crippen LogP contribution in [0.3, 0.4) is 0 Å². The molecule has 0 bridgehead atoms. The van der Waals surface area contributed by atoms with Crippen LogP contribution in [0.2, 0.25) is 0 Å². The molecule has 0 spiro atoms. The van der Waals surface area contributed by atoms with E-state index in [9.17, 15) is 19.7 Å². The third-order valence-corrected chi connectivity index (χ3v) is 7.31. The molecule has 1 amide bonds. The predicted octanol–water partition coefficient (Wildman–Crippen LogP) is 4.27. The van der Waals surface area contributed by atoms with Crippen molar-refractivity contribution in [1.82, 2.24) is 25.2 Å². The second kappa shape index (κ2) is 11.5. The van der Waals surface area contributed by atoms with Gasteiger partial charge in [0.05, 0.1) is 16.5 Å². The topological polar surface area (TPSA) is 168 Å². The molecular weight excluding hydrogens is 528 g/mol. The van der Waals surface area contributed by atoms with Crippen LogP contribution in [0.5, 0.6) is 0 Å². The number of hydrogen-bond donors (Lipinski definition) is 0. The highest BCUT2D eigenvalue weighted by Crippen LogP contribution is 2.33. The number of benzene rings is 1. The first-order valence-corrected chi connectivity index (χ1v) is 13.2. The standard InChI is InChI=1S/C25H24N6O7S/c1-2-36-25(33)18-13-20(37-28-18)19-14-39-24(26-19)15-8-10-30(11-9-15)22(32)7-6-21-27-23(29-38-21)16-4-3-5-17(12-16)31(34)35/h3-5,12-15H,2,6-11H2,1H3. The number of rotatable bonds is 9. The molecular formula is C25H24N6O7S. The lowest BCUT2D eigenvalue weighted by molar-refractivity contribution is -0.384. The minimum absolute atomic E-state index is 0.00321.